The zero-order valence-electron chi connectivity index (χ0n) is 15.1. The Bertz CT molecular complexity index is 295. The van der Waals surface area contributed by atoms with Gasteiger partial charge in [-0.15, -0.1) is 0 Å². The molecule has 0 heterocycles. The van der Waals surface area contributed by atoms with Gasteiger partial charge >= 0.3 is 11.9 Å². The summed E-state index contributed by atoms with van der Waals surface area (Å²) in [6.45, 7) is 13.8. The summed E-state index contributed by atoms with van der Waals surface area (Å²) < 4.78 is 19.7. The topological polar surface area (TPSA) is 71.1 Å². The molecule has 0 aromatic carbocycles. The van der Waals surface area contributed by atoms with Gasteiger partial charge in [-0.05, 0) is 12.8 Å². The van der Waals surface area contributed by atoms with Gasteiger partial charge in [-0.3, -0.25) is 0 Å². The molecule has 0 amide bonds. The van der Waals surface area contributed by atoms with Crippen molar-refractivity contribution in [3.8, 4) is 0 Å². The molecule has 0 aliphatic heterocycles. The van der Waals surface area contributed by atoms with Crippen molar-refractivity contribution in [2.75, 3.05) is 39.6 Å². The van der Waals surface area contributed by atoms with Crippen LogP contribution in [0.25, 0.3) is 0 Å². The SMILES string of the molecule is C=CC(=O)OCCOCCCC.C=CC(=O)OCCOCCCC. The molecular weight excluding hydrogens is 312 g/mol. The van der Waals surface area contributed by atoms with Crippen LogP contribution in [-0.4, -0.2) is 51.6 Å². The number of carbonyl (C=O) groups is 2. The van der Waals surface area contributed by atoms with Gasteiger partial charge in [-0.1, -0.05) is 39.8 Å². The average molecular weight is 344 g/mol. The summed E-state index contributed by atoms with van der Waals surface area (Å²) in [5.41, 5.74) is 0. The highest BCUT2D eigenvalue weighted by Crippen LogP contribution is 1.89. The van der Waals surface area contributed by atoms with E-state index in [1.807, 2.05) is 0 Å². The molecule has 0 radical (unpaired) electrons. The summed E-state index contributed by atoms with van der Waals surface area (Å²) in [6, 6.07) is 0. The summed E-state index contributed by atoms with van der Waals surface area (Å²) in [4.78, 5) is 21.0. The van der Waals surface area contributed by atoms with Crippen molar-refractivity contribution in [2.24, 2.45) is 0 Å². The predicted octanol–water partition coefficient (Wildman–Crippen LogP) is 3.06. The first kappa shape index (κ1) is 24.6. The lowest BCUT2D eigenvalue weighted by atomic mass is 10.4. The second-order valence-electron chi connectivity index (χ2n) is 4.68. The number of carbonyl (C=O) groups excluding carboxylic acids is 2. The van der Waals surface area contributed by atoms with E-state index in [0.717, 1.165) is 51.0 Å². The van der Waals surface area contributed by atoms with Crippen LogP contribution in [0, 0.1) is 0 Å². The van der Waals surface area contributed by atoms with Crippen LogP contribution in [0.15, 0.2) is 25.3 Å². The third-order valence-corrected chi connectivity index (χ3v) is 2.56. The number of ether oxygens (including phenoxy) is 4. The number of unbranched alkanes of at least 4 members (excludes halogenated alkanes) is 2. The van der Waals surface area contributed by atoms with E-state index in [1.54, 1.807) is 0 Å². The normalized spacial score (nSPS) is 9.42. The molecule has 0 spiro atoms. The highest BCUT2D eigenvalue weighted by molar-refractivity contribution is 5.81. The van der Waals surface area contributed by atoms with E-state index in [1.165, 1.54) is 0 Å². The van der Waals surface area contributed by atoms with Crippen LogP contribution in [-0.2, 0) is 28.5 Å². The Morgan fingerprint density at radius 3 is 1.38 bits per heavy atom. The maximum atomic E-state index is 10.5. The monoisotopic (exact) mass is 344 g/mol. The Kier molecular flexibility index (Phi) is 21.9. The molecule has 6 nitrogen and oxygen atoms in total. The molecule has 6 heteroatoms. The molecule has 0 aliphatic rings. The van der Waals surface area contributed by atoms with Gasteiger partial charge in [-0.2, -0.15) is 0 Å². The zero-order chi connectivity index (χ0) is 18.5. The van der Waals surface area contributed by atoms with Gasteiger partial charge < -0.3 is 18.9 Å². The molecule has 24 heavy (non-hydrogen) atoms. The quantitative estimate of drug-likeness (QED) is 0.274. The molecule has 0 rings (SSSR count). The van der Waals surface area contributed by atoms with Gasteiger partial charge in [0.1, 0.15) is 13.2 Å². The lowest BCUT2D eigenvalue weighted by Crippen LogP contribution is -2.08. The van der Waals surface area contributed by atoms with Crippen LogP contribution in [0.3, 0.4) is 0 Å². The van der Waals surface area contributed by atoms with Crippen molar-refractivity contribution in [1.82, 2.24) is 0 Å². The summed E-state index contributed by atoms with van der Waals surface area (Å²) >= 11 is 0. The fraction of sp³-hybridized carbons (Fsp3) is 0.667. The van der Waals surface area contributed by atoms with Gasteiger partial charge in [-0.25, -0.2) is 9.59 Å². The zero-order valence-corrected chi connectivity index (χ0v) is 15.1. The number of hydrogen-bond acceptors (Lipinski definition) is 6. The molecule has 0 atom stereocenters. The summed E-state index contributed by atoms with van der Waals surface area (Å²) in [5.74, 6) is -0.789. The minimum absolute atomic E-state index is 0.314. The summed E-state index contributed by atoms with van der Waals surface area (Å²) in [5, 5.41) is 0. The molecule has 0 aromatic rings. The third-order valence-electron chi connectivity index (χ3n) is 2.56. The maximum absolute atomic E-state index is 10.5. The Morgan fingerprint density at radius 1 is 0.708 bits per heavy atom. The smallest absolute Gasteiger partial charge is 0.330 e. The van der Waals surface area contributed by atoms with E-state index in [0.29, 0.717) is 26.4 Å². The van der Waals surface area contributed by atoms with Crippen molar-refractivity contribution >= 4 is 11.9 Å². The minimum Gasteiger partial charge on any atom is -0.460 e. The number of hydrogen-bond donors (Lipinski definition) is 0. The van der Waals surface area contributed by atoms with Crippen molar-refractivity contribution in [1.29, 1.82) is 0 Å². The Morgan fingerprint density at radius 2 is 1.08 bits per heavy atom. The van der Waals surface area contributed by atoms with Crippen molar-refractivity contribution < 1.29 is 28.5 Å². The lowest BCUT2D eigenvalue weighted by molar-refractivity contribution is -0.140. The van der Waals surface area contributed by atoms with Crippen molar-refractivity contribution in [2.45, 2.75) is 39.5 Å². The Hall–Kier alpha value is -1.66. The fourth-order valence-electron chi connectivity index (χ4n) is 1.22. The summed E-state index contributed by atoms with van der Waals surface area (Å²) in [6.07, 6.45) is 6.63. The Balaban J connectivity index is 0. The van der Waals surface area contributed by atoms with Crippen LogP contribution in [0.1, 0.15) is 39.5 Å². The average Bonchev–Trinajstić information content (AvgIpc) is 2.61. The second kappa shape index (κ2) is 21.3. The molecule has 0 bridgehead atoms. The number of esters is 2. The minimum atomic E-state index is -0.394. The van der Waals surface area contributed by atoms with Gasteiger partial charge in [0, 0.05) is 25.4 Å². The molecular formula is C18H32O6. The molecule has 0 unspecified atom stereocenters. The van der Waals surface area contributed by atoms with Gasteiger partial charge in [0.2, 0.25) is 0 Å². The Labute approximate surface area is 145 Å². The van der Waals surface area contributed by atoms with E-state index >= 15 is 0 Å². The van der Waals surface area contributed by atoms with E-state index in [-0.39, 0.29) is 0 Å². The molecule has 0 saturated heterocycles. The van der Waals surface area contributed by atoms with E-state index in [9.17, 15) is 9.59 Å². The van der Waals surface area contributed by atoms with Crippen LogP contribution >= 0.6 is 0 Å². The van der Waals surface area contributed by atoms with Crippen LogP contribution in [0.5, 0.6) is 0 Å². The highest BCUT2D eigenvalue weighted by atomic mass is 16.6. The summed E-state index contributed by atoms with van der Waals surface area (Å²) in [7, 11) is 0. The largest absolute Gasteiger partial charge is 0.460 e. The number of rotatable bonds is 14. The first-order chi connectivity index (χ1) is 11.6. The second-order valence-corrected chi connectivity index (χ2v) is 4.68. The van der Waals surface area contributed by atoms with Crippen LogP contribution in [0.2, 0.25) is 0 Å². The molecule has 0 fully saturated rings. The van der Waals surface area contributed by atoms with E-state index in [4.69, 9.17) is 9.47 Å². The van der Waals surface area contributed by atoms with Gasteiger partial charge in [0.25, 0.3) is 0 Å². The van der Waals surface area contributed by atoms with Crippen molar-refractivity contribution in [3.05, 3.63) is 25.3 Å². The first-order valence-electron chi connectivity index (χ1n) is 8.36. The highest BCUT2D eigenvalue weighted by Gasteiger charge is 1.94. The van der Waals surface area contributed by atoms with Crippen LogP contribution in [0.4, 0.5) is 0 Å². The molecule has 0 N–H and O–H groups in total. The fourth-order valence-corrected chi connectivity index (χ4v) is 1.22. The lowest BCUT2D eigenvalue weighted by Gasteiger charge is -2.02. The first-order valence-corrected chi connectivity index (χ1v) is 8.36. The molecule has 0 saturated carbocycles. The van der Waals surface area contributed by atoms with Gasteiger partial charge in [0.15, 0.2) is 0 Å². The molecule has 0 aliphatic carbocycles. The standard InChI is InChI=1S/2C9H16O3/c2*1-3-5-6-11-7-8-12-9(10)4-2/h2*4H,2-3,5-8H2,1H3. The van der Waals surface area contributed by atoms with Crippen molar-refractivity contribution in [3.63, 3.8) is 0 Å². The van der Waals surface area contributed by atoms with Gasteiger partial charge in [0.05, 0.1) is 13.2 Å². The molecule has 0 aromatic heterocycles. The predicted molar refractivity (Wildman–Crippen MR) is 93.8 cm³/mol. The maximum Gasteiger partial charge on any atom is 0.330 e. The molecule has 140 valence electrons. The third kappa shape index (κ3) is 22.6. The van der Waals surface area contributed by atoms with E-state index < -0.39 is 11.9 Å². The van der Waals surface area contributed by atoms with Crippen LogP contribution < -0.4 is 0 Å². The van der Waals surface area contributed by atoms with E-state index in [2.05, 4.69) is 36.5 Å².